The number of amides is 1. The molecule has 19 heavy (non-hydrogen) atoms. The molecule has 0 radical (unpaired) electrons. The van der Waals surface area contributed by atoms with Crippen molar-refractivity contribution in [2.75, 3.05) is 13.1 Å². The molecule has 0 aliphatic heterocycles. The fourth-order valence-corrected chi connectivity index (χ4v) is 2.76. The third-order valence-corrected chi connectivity index (χ3v) is 4.54. The number of likely N-dealkylation sites (N-methyl/N-ethyl adjacent to an activating group) is 1. The smallest absolute Gasteiger partial charge is 0.225 e. The molecule has 0 N–H and O–H groups in total. The van der Waals surface area contributed by atoms with Gasteiger partial charge in [-0.2, -0.15) is 0 Å². The van der Waals surface area contributed by atoms with Gasteiger partial charge in [-0.1, -0.05) is 23.3 Å². The van der Waals surface area contributed by atoms with Gasteiger partial charge in [-0.05, 0) is 58.8 Å². The Balaban J connectivity index is 1.87. The normalized spacial score (nSPS) is 24.1. The number of hydrogen-bond acceptors (Lipinski definition) is 1. The van der Waals surface area contributed by atoms with Crippen LogP contribution in [-0.2, 0) is 4.79 Å². The SMILES string of the molecule is CCN(C/C=C(\C)C1CC=C(C)CC1)C(=O)C1CC1. The Morgan fingerprint density at radius 1 is 1.37 bits per heavy atom. The zero-order chi connectivity index (χ0) is 13.8. The lowest BCUT2D eigenvalue weighted by molar-refractivity contribution is -0.131. The second kappa shape index (κ2) is 6.40. The molecule has 1 atom stereocenters. The number of nitrogens with zero attached hydrogens (tertiary/aromatic N) is 1. The monoisotopic (exact) mass is 261 g/mol. The van der Waals surface area contributed by atoms with E-state index in [1.165, 1.54) is 30.4 Å². The predicted molar refractivity (Wildman–Crippen MR) is 79.8 cm³/mol. The molecule has 2 rings (SSSR count). The van der Waals surface area contributed by atoms with Gasteiger partial charge in [-0.25, -0.2) is 0 Å². The topological polar surface area (TPSA) is 20.3 Å². The molecule has 0 aromatic heterocycles. The van der Waals surface area contributed by atoms with Gasteiger partial charge < -0.3 is 4.90 Å². The highest BCUT2D eigenvalue weighted by Gasteiger charge is 2.32. The standard InChI is InChI=1S/C17H27NO/c1-4-18(17(19)16-9-10-16)12-11-14(3)15-7-5-13(2)6-8-15/h5,11,15-16H,4,6-10,12H2,1-3H3/b14-11+. The van der Waals surface area contributed by atoms with Crippen molar-refractivity contribution in [3.05, 3.63) is 23.3 Å². The minimum atomic E-state index is 0.342. The number of allylic oxidation sites excluding steroid dienone is 3. The van der Waals surface area contributed by atoms with Crippen LogP contribution in [0.1, 0.15) is 52.9 Å². The summed E-state index contributed by atoms with van der Waals surface area (Å²) in [6.45, 7) is 8.17. The molecule has 0 spiro atoms. The largest absolute Gasteiger partial charge is 0.339 e. The summed E-state index contributed by atoms with van der Waals surface area (Å²) in [4.78, 5) is 14.1. The fraction of sp³-hybridized carbons (Fsp3) is 0.706. The Hall–Kier alpha value is -1.05. The molecule has 0 saturated heterocycles. The van der Waals surface area contributed by atoms with Gasteiger partial charge in [0.05, 0.1) is 0 Å². The first kappa shape index (κ1) is 14.4. The van der Waals surface area contributed by atoms with Crippen molar-refractivity contribution < 1.29 is 4.79 Å². The molecule has 0 aromatic rings. The zero-order valence-corrected chi connectivity index (χ0v) is 12.6. The van der Waals surface area contributed by atoms with E-state index in [4.69, 9.17) is 0 Å². The Morgan fingerprint density at radius 2 is 2.11 bits per heavy atom. The minimum absolute atomic E-state index is 0.342. The minimum Gasteiger partial charge on any atom is -0.339 e. The van der Waals surface area contributed by atoms with Gasteiger partial charge in [0, 0.05) is 19.0 Å². The lowest BCUT2D eigenvalue weighted by Crippen LogP contribution is -2.32. The third-order valence-electron chi connectivity index (χ3n) is 4.54. The van der Waals surface area contributed by atoms with E-state index < -0.39 is 0 Å². The molecule has 1 saturated carbocycles. The Kier molecular flexibility index (Phi) is 4.84. The summed E-state index contributed by atoms with van der Waals surface area (Å²) in [6.07, 6.45) is 10.5. The van der Waals surface area contributed by atoms with E-state index in [-0.39, 0.29) is 0 Å². The summed E-state index contributed by atoms with van der Waals surface area (Å²) in [5, 5.41) is 0. The summed E-state index contributed by atoms with van der Waals surface area (Å²) >= 11 is 0. The Bertz CT molecular complexity index is 390. The van der Waals surface area contributed by atoms with Crippen molar-refractivity contribution >= 4 is 5.91 Å². The Labute approximate surface area is 117 Å². The van der Waals surface area contributed by atoms with Crippen molar-refractivity contribution in [1.29, 1.82) is 0 Å². The lowest BCUT2D eigenvalue weighted by atomic mass is 9.85. The highest BCUT2D eigenvalue weighted by Crippen LogP contribution is 2.31. The number of carbonyl (C=O) groups is 1. The summed E-state index contributed by atoms with van der Waals surface area (Å²) in [5.41, 5.74) is 2.99. The molecule has 2 nitrogen and oxygen atoms in total. The molecule has 1 fully saturated rings. The molecule has 0 aromatic carbocycles. The van der Waals surface area contributed by atoms with E-state index >= 15 is 0 Å². The van der Waals surface area contributed by atoms with Crippen molar-refractivity contribution in [2.45, 2.75) is 52.9 Å². The van der Waals surface area contributed by atoms with E-state index in [1.54, 1.807) is 0 Å². The van der Waals surface area contributed by atoms with Crippen LogP contribution in [0.5, 0.6) is 0 Å². The summed E-state index contributed by atoms with van der Waals surface area (Å²) in [7, 11) is 0. The van der Waals surface area contributed by atoms with Gasteiger partial charge in [0.2, 0.25) is 5.91 Å². The maximum Gasteiger partial charge on any atom is 0.225 e. The predicted octanol–water partition coefficient (Wildman–Crippen LogP) is 3.94. The summed E-state index contributed by atoms with van der Waals surface area (Å²) in [5.74, 6) is 1.40. The van der Waals surface area contributed by atoms with Gasteiger partial charge in [-0.15, -0.1) is 0 Å². The first-order valence-corrected chi connectivity index (χ1v) is 7.73. The van der Waals surface area contributed by atoms with Crippen LogP contribution in [0.15, 0.2) is 23.3 Å². The molecule has 2 aliphatic carbocycles. The molecule has 0 bridgehead atoms. The van der Waals surface area contributed by atoms with Gasteiger partial charge in [0.25, 0.3) is 0 Å². The zero-order valence-electron chi connectivity index (χ0n) is 12.6. The van der Waals surface area contributed by atoms with Crippen LogP contribution < -0.4 is 0 Å². The number of hydrogen-bond donors (Lipinski definition) is 0. The van der Waals surface area contributed by atoms with Crippen LogP contribution in [0.25, 0.3) is 0 Å². The van der Waals surface area contributed by atoms with Crippen LogP contribution in [0.3, 0.4) is 0 Å². The maximum absolute atomic E-state index is 12.1. The van der Waals surface area contributed by atoms with Gasteiger partial charge >= 0.3 is 0 Å². The molecule has 1 amide bonds. The van der Waals surface area contributed by atoms with Crippen molar-refractivity contribution in [3.63, 3.8) is 0 Å². The van der Waals surface area contributed by atoms with E-state index in [0.717, 1.165) is 25.9 Å². The van der Waals surface area contributed by atoms with Crippen LogP contribution in [0.4, 0.5) is 0 Å². The van der Waals surface area contributed by atoms with Crippen LogP contribution in [-0.4, -0.2) is 23.9 Å². The quantitative estimate of drug-likeness (QED) is 0.686. The molecule has 2 aliphatic rings. The number of rotatable bonds is 5. The van der Waals surface area contributed by atoms with Crippen molar-refractivity contribution in [1.82, 2.24) is 4.90 Å². The van der Waals surface area contributed by atoms with Gasteiger partial charge in [-0.3, -0.25) is 4.79 Å². The van der Waals surface area contributed by atoms with E-state index in [2.05, 4.69) is 32.9 Å². The van der Waals surface area contributed by atoms with E-state index in [1.807, 2.05) is 4.90 Å². The second-order valence-corrected chi connectivity index (χ2v) is 6.12. The fourth-order valence-electron chi connectivity index (χ4n) is 2.76. The molecule has 1 unspecified atom stereocenters. The van der Waals surface area contributed by atoms with E-state index in [0.29, 0.717) is 17.7 Å². The van der Waals surface area contributed by atoms with Crippen LogP contribution in [0, 0.1) is 11.8 Å². The van der Waals surface area contributed by atoms with Crippen molar-refractivity contribution in [3.8, 4) is 0 Å². The lowest BCUT2D eigenvalue weighted by Gasteiger charge is -2.23. The average Bonchev–Trinajstić information content (AvgIpc) is 3.24. The third kappa shape index (κ3) is 3.95. The first-order chi connectivity index (χ1) is 9.11. The highest BCUT2D eigenvalue weighted by atomic mass is 16.2. The van der Waals surface area contributed by atoms with Gasteiger partial charge in [0.1, 0.15) is 0 Å². The summed E-state index contributed by atoms with van der Waals surface area (Å²) in [6, 6.07) is 0. The summed E-state index contributed by atoms with van der Waals surface area (Å²) < 4.78 is 0. The molecule has 0 heterocycles. The van der Waals surface area contributed by atoms with Crippen molar-refractivity contribution in [2.24, 2.45) is 11.8 Å². The maximum atomic E-state index is 12.1. The van der Waals surface area contributed by atoms with Crippen LogP contribution in [0.2, 0.25) is 0 Å². The molecule has 106 valence electrons. The van der Waals surface area contributed by atoms with E-state index in [9.17, 15) is 4.79 Å². The molecule has 2 heteroatoms. The number of carbonyl (C=O) groups excluding carboxylic acids is 1. The van der Waals surface area contributed by atoms with Crippen LogP contribution >= 0.6 is 0 Å². The first-order valence-electron chi connectivity index (χ1n) is 7.73. The second-order valence-electron chi connectivity index (χ2n) is 6.12. The molecular formula is C17H27NO. The Morgan fingerprint density at radius 3 is 2.63 bits per heavy atom. The highest BCUT2D eigenvalue weighted by molar-refractivity contribution is 5.81. The average molecular weight is 261 g/mol. The van der Waals surface area contributed by atoms with Gasteiger partial charge in [0.15, 0.2) is 0 Å². The molecular weight excluding hydrogens is 234 g/mol.